The molecule has 3 aromatic rings. The van der Waals surface area contributed by atoms with E-state index in [0.717, 1.165) is 22.3 Å². The number of hydrogen-bond acceptors (Lipinski definition) is 5. The number of nitrogens with zero attached hydrogens (tertiary/aromatic N) is 4. The largest absolute Gasteiger partial charge is 0.416 e. The van der Waals surface area contributed by atoms with Crippen LogP contribution in [0.4, 0.5) is 23.4 Å². The van der Waals surface area contributed by atoms with Crippen molar-refractivity contribution < 1.29 is 22.4 Å². The van der Waals surface area contributed by atoms with Crippen molar-refractivity contribution in [2.24, 2.45) is 0 Å². The zero-order valence-corrected chi connectivity index (χ0v) is 17.9. The molecule has 1 aromatic carbocycles. The van der Waals surface area contributed by atoms with E-state index >= 15 is 0 Å². The molecule has 0 saturated carbocycles. The number of hydrogen-bond donors (Lipinski definition) is 1. The topological polar surface area (TPSA) is 94.1 Å². The molecule has 2 heterocycles. The van der Waals surface area contributed by atoms with Gasteiger partial charge in [-0.15, -0.1) is 0 Å². The van der Waals surface area contributed by atoms with E-state index in [9.17, 15) is 27.2 Å². The molecule has 0 spiro atoms. The Morgan fingerprint density at radius 1 is 1.18 bits per heavy atom. The number of aromatic nitrogens is 3. The zero-order valence-electron chi connectivity index (χ0n) is 17.9. The van der Waals surface area contributed by atoms with Crippen molar-refractivity contribution in [3.63, 3.8) is 0 Å². The second kappa shape index (κ2) is 9.39. The fourth-order valence-electron chi connectivity index (χ4n) is 3.33. The monoisotopic (exact) mass is 463 g/mol. The molecule has 2 aromatic heterocycles. The number of carbonyl (C=O) groups excluding carboxylic acids is 1. The quantitative estimate of drug-likeness (QED) is 0.567. The van der Waals surface area contributed by atoms with Crippen molar-refractivity contribution in [1.82, 2.24) is 14.6 Å². The van der Waals surface area contributed by atoms with Crippen molar-refractivity contribution in [2.45, 2.75) is 39.4 Å². The SMILES string of the molecule is CC(=O)N(Cc1cc(C(F)(F)F)ccc1F)n1c(C)c(CCc2ccccn2)nc(N)c1=O. The molecule has 0 aliphatic carbocycles. The first kappa shape index (κ1) is 23.9. The normalized spacial score (nSPS) is 11.5. The van der Waals surface area contributed by atoms with Crippen molar-refractivity contribution >= 4 is 11.7 Å². The molecular formula is C22H21F4N5O2. The van der Waals surface area contributed by atoms with Crippen LogP contribution in [0.25, 0.3) is 0 Å². The number of rotatable bonds is 6. The summed E-state index contributed by atoms with van der Waals surface area (Å²) >= 11 is 0. The fraction of sp³-hybridized carbons (Fsp3) is 0.273. The van der Waals surface area contributed by atoms with Crippen LogP contribution in [0, 0.1) is 12.7 Å². The number of nitrogen functional groups attached to an aromatic ring is 1. The second-order valence-electron chi connectivity index (χ2n) is 7.35. The van der Waals surface area contributed by atoms with Gasteiger partial charge in [0, 0.05) is 24.4 Å². The standard InChI is InChI=1S/C22H21F4N5O2/c1-13-19(9-7-17-5-3-4-10-28-17)29-20(27)21(33)31(13)30(14(2)32)12-15-11-16(22(24,25)26)6-8-18(15)23/h3-6,8,10-11H,7,9,12H2,1-2H3,(H2,27,29). The molecule has 0 saturated heterocycles. The molecule has 33 heavy (non-hydrogen) atoms. The highest BCUT2D eigenvalue weighted by Crippen LogP contribution is 2.30. The number of pyridine rings is 1. The van der Waals surface area contributed by atoms with Crippen molar-refractivity contribution in [1.29, 1.82) is 0 Å². The first-order valence-corrected chi connectivity index (χ1v) is 9.91. The van der Waals surface area contributed by atoms with Gasteiger partial charge in [-0.1, -0.05) is 6.07 Å². The van der Waals surface area contributed by atoms with Crippen LogP contribution < -0.4 is 16.3 Å². The van der Waals surface area contributed by atoms with E-state index in [1.54, 1.807) is 12.3 Å². The summed E-state index contributed by atoms with van der Waals surface area (Å²) < 4.78 is 54.5. The third kappa shape index (κ3) is 5.36. The average Bonchev–Trinajstić information content (AvgIpc) is 2.75. The van der Waals surface area contributed by atoms with Crippen LogP contribution >= 0.6 is 0 Å². The number of halogens is 4. The molecule has 0 bridgehead atoms. The van der Waals surface area contributed by atoms with Gasteiger partial charge in [-0.2, -0.15) is 13.2 Å². The highest BCUT2D eigenvalue weighted by molar-refractivity contribution is 5.83. The summed E-state index contributed by atoms with van der Waals surface area (Å²) in [5, 5.41) is 0.846. The molecule has 1 amide bonds. The molecule has 0 aliphatic heterocycles. The third-order valence-electron chi connectivity index (χ3n) is 5.04. The lowest BCUT2D eigenvalue weighted by atomic mass is 10.1. The molecule has 3 rings (SSSR count). The Morgan fingerprint density at radius 2 is 1.91 bits per heavy atom. The van der Waals surface area contributed by atoms with E-state index in [-0.39, 0.29) is 5.69 Å². The van der Waals surface area contributed by atoms with Crippen LogP contribution in [0.3, 0.4) is 0 Å². The van der Waals surface area contributed by atoms with Crippen molar-refractivity contribution in [3.05, 3.63) is 87.0 Å². The van der Waals surface area contributed by atoms with Crippen LogP contribution in [-0.4, -0.2) is 20.6 Å². The summed E-state index contributed by atoms with van der Waals surface area (Å²) in [4.78, 5) is 33.5. The molecule has 0 fully saturated rings. The predicted octanol–water partition coefficient (Wildman–Crippen LogP) is 3.16. The molecule has 11 heteroatoms. The molecule has 0 atom stereocenters. The minimum atomic E-state index is -4.70. The van der Waals surface area contributed by atoms with Crippen LogP contribution in [0.1, 0.15) is 35.1 Å². The number of aryl methyl sites for hydroxylation is 2. The van der Waals surface area contributed by atoms with Gasteiger partial charge in [0.25, 0.3) is 0 Å². The number of anilines is 1. The van der Waals surface area contributed by atoms with Crippen molar-refractivity contribution in [3.8, 4) is 0 Å². The summed E-state index contributed by atoms with van der Waals surface area (Å²) in [7, 11) is 0. The maximum absolute atomic E-state index is 14.3. The van der Waals surface area contributed by atoms with Gasteiger partial charge in [0.2, 0.25) is 5.91 Å². The van der Waals surface area contributed by atoms with E-state index in [1.807, 2.05) is 12.1 Å². The molecule has 0 radical (unpaired) electrons. The summed E-state index contributed by atoms with van der Waals surface area (Å²) in [5.74, 6) is -2.04. The lowest BCUT2D eigenvalue weighted by Gasteiger charge is -2.27. The number of nitrogens with two attached hydrogens (primary N) is 1. The van der Waals surface area contributed by atoms with Gasteiger partial charge in [-0.3, -0.25) is 14.6 Å². The summed E-state index contributed by atoms with van der Waals surface area (Å²) in [6.07, 6.45) is -2.27. The van der Waals surface area contributed by atoms with Gasteiger partial charge in [-0.05, 0) is 50.1 Å². The first-order chi connectivity index (χ1) is 15.5. The van der Waals surface area contributed by atoms with E-state index in [0.29, 0.717) is 36.7 Å². The number of amides is 1. The predicted molar refractivity (Wildman–Crippen MR) is 113 cm³/mol. The Labute approximate surface area is 186 Å². The van der Waals surface area contributed by atoms with Gasteiger partial charge in [0.15, 0.2) is 5.82 Å². The average molecular weight is 463 g/mol. The zero-order chi connectivity index (χ0) is 24.3. The summed E-state index contributed by atoms with van der Waals surface area (Å²) in [5.41, 5.74) is 4.89. The number of alkyl halides is 3. The van der Waals surface area contributed by atoms with E-state index in [4.69, 9.17) is 5.73 Å². The third-order valence-corrected chi connectivity index (χ3v) is 5.04. The van der Waals surface area contributed by atoms with Gasteiger partial charge in [-0.25, -0.2) is 19.1 Å². The van der Waals surface area contributed by atoms with E-state index in [1.165, 1.54) is 6.92 Å². The van der Waals surface area contributed by atoms with Gasteiger partial charge >= 0.3 is 11.7 Å². The Bertz CT molecular complexity index is 1230. The molecular weight excluding hydrogens is 442 g/mol. The van der Waals surface area contributed by atoms with Crippen LogP contribution in [0.15, 0.2) is 47.4 Å². The lowest BCUT2D eigenvalue weighted by molar-refractivity contribution is -0.137. The molecule has 7 nitrogen and oxygen atoms in total. The molecule has 0 unspecified atom stereocenters. The van der Waals surface area contributed by atoms with Crippen LogP contribution in [0.2, 0.25) is 0 Å². The second-order valence-corrected chi connectivity index (χ2v) is 7.35. The van der Waals surface area contributed by atoms with E-state index < -0.39 is 46.9 Å². The Kier molecular flexibility index (Phi) is 6.80. The van der Waals surface area contributed by atoms with E-state index in [2.05, 4.69) is 9.97 Å². The van der Waals surface area contributed by atoms with Gasteiger partial charge in [0.1, 0.15) is 5.82 Å². The summed E-state index contributed by atoms with van der Waals surface area (Å²) in [6, 6.07) is 7.28. The molecule has 0 aliphatic rings. The van der Waals surface area contributed by atoms with Crippen LogP contribution in [-0.2, 0) is 30.4 Å². The fourth-order valence-corrected chi connectivity index (χ4v) is 3.33. The summed E-state index contributed by atoms with van der Waals surface area (Å²) in [6.45, 7) is 2.02. The van der Waals surface area contributed by atoms with Gasteiger partial charge in [0.05, 0.1) is 23.5 Å². The maximum Gasteiger partial charge on any atom is 0.416 e. The number of benzene rings is 1. The lowest BCUT2D eigenvalue weighted by Crippen LogP contribution is -2.47. The Morgan fingerprint density at radius 3 is 2.52 bits per heavy atom. The molecule has 2 N–H and O–H groups in total. The van der Waals surface area contributed by atoms with Crippen LogP contribution in [0.5, 0.6) is 0 Å². The smallest absolute Gasteiger partial charge is 0.379 e. The highest BCUT2D eigenvalue weighted by Gasteiger charge is 2.31. The maximum atomic E-state index is 14.3. The number of carbonyl (C=O) groups is 1. The molecule has 174 valence electrons. The minimum Gasteiger partial charge on any atom is -0.379 e. The minimum absolute atomic E-state index is 0.257. The highest BCUT2D eigenvalue weighted by atomic mass is 19.4. The van der Waals surface area contributed by atoms with Crippen molar-refractivity contribution in [2.75, 3.05) is 10.7 Å². The first-order valence-electron chi connectivity index (χ1n) is 9.91. The van der Waals surface area contributed by atoms with Gasteiger partial charge < -0.3 is 5.73 Å². The Balaban J connectivity index is 2.02. The Hall–Kier alpha value is -3.76.